The van der Waals surface area contributed by atoms with Crippen molar-refractivity contribution < 1.29 is 14.4 Å². The largest absolute Gasteiger partial charge is 0.339 e. The molecular formula is C22H24N4O3. The van der Waals surface area contributed by atoms with Crippen molar-refractivity contribution in [3.05, 3.63) is 66.0 Å². The first-order valence-electron chi connectivity index (χ1n) is 9.91. The van der Waals surface area contributed by atoms with Gasteiger partial charge in [-0.2, -0.15) is 0 Å². The highest BCUT2D eigenvalue weighted by Gasteiger charge is 2.37. The van der Waals surface area contributed by atoms with Crippen LogP contribution in [-0.4, -0.2) is 70.1 Å². The summed E-state index contributed by atoms with van der Waals surface area (Å²) in [6, 6.07) is 13.2. The molecule has 150 valence electrons. The van der Waals surface area contributed by atoms with Crippen LogP contribution in [0.3, 0.4) is 0 Å². The lowest BCUT2D eigenvalue weighted by atomic mass is 10.1. The highest BCUT2D eigenvalue weighted by atomic mass is 16.2. The zero-order valence-corrected chi connectivity index (χ0v) is 16.2. The number of piperazine rings is 1. The second kappa shape index (κ2) is 8.43. The number of nitrogens with zero attached hydrogens (tertiary/aromatic N) is 4. The summed E-state index contributed by atoms with van der Waals surface area (Å²) in [5.41, 5.74) is 1.68. The van der Waals surface area contributed by atoms with Crippen LogP contribution in [0.2, 0.25) is 0 Å². The van der Waals surface area contributed by atoms with Crippen molar-refractivity contribution in [3.8, 4) is 0 Å². The zero-order chi connectivity index (χ0) is 20.2. The number of aromatic nitrogens is 1. The van der Waals surface area contributed by atoms with Gasteiger partial charge in [0, 0.05) is 63.6 Å². The van der Waals surface area contributed by atoms with E-state index in [0.29, 0.717) is 44.8 Å². The van der Waals surface area contributed by atoms with E-state index in [0.717, 1.165) is 5.56 Å². The number of pyridine rings is 1. The maximum absolute atomic E-state index is 12.9. The molecule has 1 unspecified atom stereocenters. The van der Waals surface area contributed by atoms with Crippen molar-refractivity contribution in [2.75, 3.05) is 32.7 Å². The molecule has 2 aliphatic heterocycles. The van der Waals surface area contributed by atoms with E-state index >= 15 is 0 Å². The molecule has 2 saturated heterocycles. The van der Waals surface area contributed by atoms with E-state index in [1.807, 2.05) is 30.3 Å². The van der Waals surface area contributed by atoms with E-state index in [-0.39, 0.29) is 30.1 Å². The second-order valence-electron chi connectivity index (χ2n) is 7.51. The van der Waals surface area contributed by atoms with Crippen LogP contribution in [0.4, 0.5) is 0 Å². The van der Waals surface area contributed by atoms with Gasteiger partial charge in [-0.25, -0.2) is 0 Å². The van der Waals surface area contributed by atoms with Crippen LogP contribution in [-0.2, 0) is 16.1 Å². The van der Waals surface area contributed by atoms with E-state index in [1.54, 1.807) is 39.2 Å². The van der Waals surface area contributed by atoms with Gasteiger partial charge in [0.05, 0.1) is 5.92 Å². The van der Waals surface area contributed by atoms with Crippen molar-refractivity contribution >= 4 is 17.7 Å². The summed E-state index contributed by atoms with van der Waals surface area (Å²) in [4.78, 5) is 47.1. The molecule has 0 spiro atoms. The van der Waals surface area contributed by atoms with Crippen molar-refractivity contribution in [2.24, 2.45) is 5.92 Å². The van der Waals surface area contributed by atoms with E-state index in [4.69, 9.17) is 0 Å². The molecule has 2 aromatic rings. The lowest BCUT2D eigenvalue weighted by Crippen LogP contribution is -2.52. The van der Waals surface area contributed by atoms with E-state index < -0.39 is 0 Å². The van der Waals surface area contributed by atoms with Gasteiger partial charge in [-0.1, -0.05) is 30.3 Å². The standard InChI is InChI=1S/C22H24N4O3/c27-20-14-19(16-26(20)15-17-4-2-1-3-5-17)22(29)25-12-10-24(11-13-25)21(28)18-6-8-23-9-7-18/h1-9,19H,10-16H2. The Bertz CT molecular complexity index is 879. The Hall–Kier alpha value is -3.22. The molecule has 1 atom stereocenters. The Morgan fingerprint density at radius 3 is 2.28 bits per heavy atom. The summed E-state index contributed by atoms with van der Waals surface area (Å²) in [6.07, 6.45) is 3.47. The third-order valence-electron chi connectivity index (χ3n) is 5.59. The number of rotatable bonds is 4. The monoisotopic (exact) mass is 392 g/mol. The second-order valence-corrected chi connectivity index (χ2v) is 7.51. The summed E-state index contributed by atoms with van der Waals surface area (Å²) in [7, 11) is 0. The predicted octanol–water partition coefficient (Wildman–Crippen LogP) is 1.41. The van der Waals surface area contributed by atoms with Gasteiger partial charge in [0.15, 0.2) is 0 Å². The van der Waals surface area contributed by atoms with Gasteiger partial charge in [-0.3, -0.25) is 19.4 Å². The lowest BCUT2D eigenvalue weighted by molar-refractivity contribution is -0.137. The number of hydrogen-bond donors (Lipinski definition) is 0. The fourth-order valence-electron chi connectivity index (χ4n) is 3.96. The minimum atomic E-state index is -0.298. The molecule has 2 aliphatic rings. The fraction of sp³-hybridized carbons (Fsp3) is 0.364. The molecule has 0 bridgehead atoms. The molecular weight excluding hydrogens is 368 g/mol. The van der Waals surface area contributed by atoms with Gasteiger partial charge < -0.3 is 14.7 Å². The van der Waals surface area contributed by atoms with Crippen LogP contribution >= 0.6 is 0 Å². The third kappa shape index (κ3) is 4.29. The minimum absolute atomic E-state index is 0.0184. The average Bonchev–Trinajstić information content (AvgIpc) is 3.14. The first kappa shape index (κ1) is 19.1. The Labute approximate surface area is 169 Å². The molecule has 0 aliphatic carbocycles. The Morgan fingerprint density at radius 2 is 1.59 bits per heavy atom. The molecule has 3 heterocycles. The highest BCUT2D eigenvalue weighted by Crippen LogP contribution is 2.23. The summed E-state index contributed by atoms with van der Waals surface area (Å²) < 4.78 is 0. The zero-order valence-electron chi connectivity index (χ0n) is 16.2. The molecule has 1 aromatic carbocycles. The Kier molecular flexibility index (Phi) is 5.55. The van der Waals surface area contributed by atoms with E-state index in [9.17, 15) is 14.4 Å². The van der Waals surface area contributed by atoms with E-state index in [1.165, 1.54) is 0 Å². The van der Waals surface area contributed by atoms with Gasteiger partial charge in [-0.15, -0.1) is 0 Å². The van der Waals surface area contributed by atoms with Crippen molar-refractivity contribution in [3.63, 3.8) is 0 Å². The smallest absolute Gasteiger partial charge is 0.254 e. The van der Waals surface area contributed by atoms with Crippen LogP contribution in [0, 0.1) is 5.92 Å². The van der Waals surface area contributed by atoms with Gasteiger partial charge in [0.1, 0.15) is 0 Å². The molecule has 4 rings (SSSR count). The minimum Gasteiger partial charge on any atom is -0.339 e. The van der Waals surface area contributed by atoms with Crippen molar-refractivity contribution in [1.82, 2.24) is 19.7 Å². The number of carbonyl (C=O) groups excluding carboxylic acids is 3. The molecule has 0 N–H and O–H groups in total. The molecule has 0 radical (unpaired) electrons. The first-order valence-corrected chi connectivity index (χ1v) is 9.91. The maximum Gasteiger partial charge on any atom is 0.254 e. The summed E-state index contributed by atoms with van der Waals surface area (Å²) >= 11 is 0. The van der Waals surface area contributed by atoms with Gasteiger partial charge in [0.2, 0.25) is 11.8 Å². The summed E-state index contributed by atoms with van der Waals surface area (Å²) in [5, 5.41) is 0. The molecule has 2 fully saturated rings. The van der Waals surface area contributed by atoms with Crippen LogP contribution in [0.25, 0.3) is 0 Å². The van der Waals surface area contributed by atoms with Gasteiger partial charge in [0.25, 0.3) is 5.91 Å². The Balaban J connectivity index is 1.31. The van der Waals surface area contributed by atoms with Crippen molar-refractivity contribution in [1.29, 1.82) is 0 Å². The number of hydrogen-bond acceptors (Lipinski definition) is 4. The summed E-state index contributed by atoms with van der Waals surface area (Å²) in [5.74, 6) is -0.290. The van der Waals surface area contributed by atoms with Gasteiger partial charge in [-0.05, 0) is 17.7 Å². The molecule has 0 saturated carbocycles. The molecule has 3 amide bonds. The highest BCUT2D eigenvalue weighted by molar-refractivity contribution is 5.94. The average molecular weight is 392 g/mol. The van der Waals surface area contributed by atoms with Crippen LogP contribution in [0.5, 0.6) is 0 Å². The molecule has 1 aromatic heterocycles. The van der Waals surface area contributed by atoms with Crippen LogP contribution < -0.4 is 0 Å². The number of carbonyl (C=O) groups is 3. The summed E-state index contributed by atoms with van der Waals surface area (Å²) in [6.45, 7) is 3.00. The van der Waals surface area contributed by atoms with E-state index in [2.05, 4.69) is 4.98 Å². The van der Waals surface area contributed by atoms with Crippen molar-refractivity contribution in [2.45, 2.75) is 13.0 Å². The van der Waals surface area contributed by atoms with Crippen LogP contribution in [0.1, 0.15) is 22.3 Å². The molecule has 7 heteroatoms. The molecule has 29 heavy (non-hydrogen) atoms. The maximum atomic E-state index is 12.9. The SMILES string of the molecule is O=C1CC(C(=O)N2CCN(C(=O)c3ccncc3)CC2)CN1Cc1ccccc1. The number of amides is 3. The molecule has 7 nitrogen and oxygen atoms in total. The van der Waals surface area contributed by atoms with Gasteiger partial charge >= 0.3 is 0 Å². The quantitative estimate of drug-likeness (QED) is 0.789. The third-order valence-corrected chi connectivity index (χ3v) is 5.59. The fourth-order valence-corrected chi connectivity index (χ4v) is 3.96. The normalized spacial score (nSPS) is 19.5. The lowest BCUT2D eigenvalue weighted by Gasteiger charge is -2.36. The number of benzene rings is 1. The predicted molar refractivity (Wildman–Crippen MR) is 107 cm³/mol. The Morgan fingerprint density at radius 1 is 0.931 bits per heavy atom. The topological polar surface area (TPSA) is 73.8 Å². The van der Waals surface area contributed by atoms with Crippen LogP contribution in [0.15, 0.2) is 54.9 Å². The first-order chi connectivity index (χ1) is 14.1. The number of likely N-dealkylation sites (tertiary alicyclic amines) is 1.